The van der Waals surface area contributed by atoms with E-state index in [2.05, 4.69) is 19.9 Å². The highest BCUT2D eigenvalue weighted by molar-refractivity contribution is 5.91. The lowest BCUT2D eigenvalue weighted by Crippen LogP contribution is -2.27. The van der Waals surface area contributed by atoms with Gasteiger partial charge in [0.25, 0.3) is 0 Å². The number of hydrogen-bond acceptors (Lipinski definition) is 5. The maximum atomic E-state index is 13.0. The molecular weight excluding hydrogens is 488 g/mol. The lowest BCUT2D eigenvalue weighted by Gasteiger charge is -2.23. The average Bonchev–Trinajstić information content (AvgIpc) is 2.80. The Morgan fingerprint density at radius 1 is 0.972 bits per heavy atom. The van der Waals surface area contributed by atoms with Crippen molar-refractivity contribution in [3.8, 4) is 11.5 Å². The summed E-state index contributed by atoms with van der Waals surface area (Å²) in [7, 11) is 1.45. The highest BCUT2D eigenvalue weighted by atomic mass is 19.4. The van der Waals surface area contributed by atoms with Crippen molar-refractivity contribution >= 4 is 16.6 Å². The Hall–Kier alpha value is -3.21. The second-order valence-corrected chi connectivity index (χ2v) is 8.17. The largest absolute Gasteiger partial charge is 0.573 e. The third-order valence-electron chi connectivity index (χ3n) is 5.46. The Balaban J connectivity index is 1.64. The second kappa shape index (κ2) is 11.7. The van der Waals surface area contributed by atoms with Crippen molar-refractivity contribution in [3.05, 3.63) is 59.8 Å². The highest BCUT2D eigenvalue weighted by Gasteiger charge is 2.32. The number of fused-ring (bicyclic) bond motifs is 1. The third kappa shape index (κ3) is 7.64. The number of alkyl halides is 6. The van der Waals surface area contributed by atoms with Crippen LogP contribution in [0.4, 0.5) is 32.0 Å². The maximum Gasteiger partial charge on any atom is 0.573 e. The average molecular weight is 515 g/mol. The van der Waals surface area contributed by atoms with Crippen molar-refractivity contribution < 1.29 is 35.8 Å². The number of rotatable bonds is 11. The Morgan fingerprint density at radius 2 is 1.75 bits per heavy atom. The van der Waals surface area contributed by atoms with Gasteiger partial charge in [0.05, 0.1) is 18.2 Å². The molecule has 1 aromatic heterocycles. The Morgan fingerprint density at radius 3 is 2.42 bits per heavy atom. The number of hydrogen-bond donors (Lipinski definition) is 1. The summed E-state index contributed by atoms with van der Waals surface area (Å²) in [6, 6.07) is 9.14. The molecular formula is C25H27F6N3O2. The summed E-state index contributed by atoms with van der Waals surface area (Å²) in [6.45, 7) is 4.25. The highest BCUT2D eigenvalue weighted by Crippen LogP contribution is 2.33. The molecule has 0 aliphatic rings. The molecule has 36 heavy (non-hydrogen) atoms. The van der Waals surface area contributed by atoms with Crippen LogP contribution in [-0.2, 0) is 12.7 Å². The minimum Gasteiger partial charge on any atom is -0.496 e. The van der Waals surface area contributed by atoms with Gasteiger partial charge in [-0.3, -0.25) is 9.88 Å². The molecule has 196 valence electrons. The molecule has 3 rings (SSSR count). The predicted molar refractivity (Wildman–Crippen MR) is 125 cm³/mol. The lowest BCUT2D eigenvalue weighted by molar-refractivity contribution is -0.274. The fraction of sp³-hybridized carbons (Fsp3) is 0.400. The fourth-order valence-corrected chi connectivity index (χ4v) is 3.91. The predicted octanol–water partition coefficient (Wildman–Crippen LogP) is 6.88. The van der Waals surface area contributed by atoms with Crippen molar-refractivity contribution in [1.29, 1.82) is 0 Å². The van der Waals surface area contributed by atoms with Crippen LogP contribution in [0.1, 0.15) is 30.9 Å². The van der Waals surface area contributed by atoms with Gasteiger partial charge in [-0.25, -0.2) is 0 Å². The molecule has 0 saturated heterocycles. The fourth-order valence-electron chi connectivity index (χ4n) is 3.91. The van der Waals surface area contributed by atoms with Gasteiger partial charge in [-0.05, 0) is 55.8 Å². The Bertz CT molecular complexity index is 1150. The SMILES string of the molecule is CCCN(CCCNc1ccnc2cc(C(F)(F)F)ccc12)Cc1cc(OC(F)(F)F)ccc1OC. The maximum absolute atomic E-state index is 13.0. The molecule has 0 aliphatic heterocycles. The van der Waals surface area contributed by atoms with E-state index >= 15 is 0 Å². The number of aromatic nitrogens is 1. The summed E-state index contributed by atoms with van der Waals surface area (Å²) in [5, 5.41) is 3.83. The zero-order valence-corrected chi connectivity index (χ0v) is 19.8. The third-order valence-corrected chi connectivity index (χ3v) is 5.46. The van der Waals surface area contributed by atoms with Crippen LogP contribution in [-0.4, -0.2) is 43.0 Å². The van der Waals surface area contributed by atoms with Crippen LogP contribution < -0.4 is 14.8 Å². The number of nitrogens with one attached hydrogen (secondary N) is 1. The van der Waals surface area contributed by atoms with Gasteiger partial charge in [-0.2, -0.15) is 13.2 Å². The summed E-state index contributed by atoms with van der Waals surface area (Å²) < 4.78 is 86.2. The zero-order chi connectivity index (χ0) is 26.3. The monoisotopic (exact) mass is 515 g/mol. The molecule has 0 fully saturated rings. The minimum absolute atomic E-state index is 0.246. The molecule has 0 aliphatic carbocycles. The molecule has 0 saturated carbocycles. The van der Waals surface area contributed by atoms with E-state index in [1.165, 1.54) is 37.6 Å². The zero-order valence-electron chi connectivity index (χ0n) is 19.8. The summed E-state index contributed by atoms with van der Waals surface area (Å²) in [5.41, 5.74) is 0.737. The number of pyridine rings is 1. The van der Waals surface area contributed by atoms with Gasteiger partial charge in [0, 0.05) is 42.5 Å². The number of nitrogens with zero attached hydrogens (tertiary/aromatic N) is 2. The van der Waals surface area contributed by atoms with Crippen molar-refractivity contribution in [2.45, 2.75) is 38.8 Å². The van der Waals surface area contributed by atoms with E-state index in [0.29, 0.717) is 55.0 Å². The second-order valence-electron chi connectivity index (χ2n) is 8.17. The van der Waals surface area contributed by atoms with Crippen LogP contribution in [0.25, 0.3) is 10.9 Å². The number of ether oxygens (including phenoxy) is 2. The first-order chi connectivity index (χ1) is 17.0. The normalized spacial score (nSPS) is 12.2. The molecule has 1 N–H and O–H groups in total. The van der Waals surface area contributed by atoms with Gasteiger partial charge in [0.15, 0.2) is 0 Å². The summed E-state index contributed by atoms with van der Waals surface area (Å²) in [5.74, 6) is 0.153. The summed E-state index contributed by atoms with van der Waals surface area (Å²) in [4.78, 5) is 6.14. The Kier molecular flexibility index (Phi) is 8.89. The van der Waals surface area contributed by atoms with Crippen molar-refractivity contribution in [2.75, 3.05) is 32.1 Å². The molecule has 1 heterocycles. The van der Waals surface area contributed by atoms with Crippen LogP contribution in [0.15, 0.2) is 48.7 Å². The molecule has 0 amide bonds. The summed E-state index contributed by atoms with van der Waals surface area (Å²) in [6.07, 6.45) is -6.25. The first-order valence-corrected chi connectivity index (χ1v) is 11.3. The molecule has 0 spiro atoms. The smallest absolute Gasteiger partial charge is 0.496 e. The van der Waals surface area contributed by atoms with E-state index in [-0.39, 0.29) is 11.3 Å². The summed E-state index contributed by atoms with van der Waals surface area (Å²) >= 11 is 0. The van der Waals surface area contributed by atoms with Crippen LogP contribution in [0, 0.1) is 0 Å². The molecule has 11 heteroatoms. The molecule has 0 unspecified atom stereocenters. The minimum atomic E-state index is -4.79. The van der Waals surface area contributed by atoms with Crippen molar-refractivity contribution in [3.63, 3.8) is 0 Å². The molecule has 5 nitrogen and oxygen atoms in total. The van der Waals surface area contributed by atoms with Gasteiger partial charge in [-0.1, -0.05) is 13.0 Å². The van der Waals surface area contributed by atoms with Crippen molar-refractivity contribution in [1.82, 2.24) is 9.88 Å². The van der Waals surface area contributed by atoms with Gasteiger partial charge in [-0.15, -0.1) is 13.2 Å². The van der Waals surface area contributed by atoms with Crippen LogP contribution in [0.2, 0.25) is 0 Å². The first-order valence-electron chi connectivity index (χ1n) is 11.3. The van der Waals surface area contributed by atoms with Gasteiger partial charge < -0.3 is 14.8 Å². The van der Waals surface area contributed by atoms with Crippen LogP contribution in [0.5, 0.6) is 11.5 Å². The molecule has 0 bridgehead atoms. The molecule has 3 aromatic rings. The quantitative estimate of drug-likeness (QED) is 0.223. The van der Waals surface area contributed by atoms with Gasteiger partial charge in [0.1, 0.15) is 11.5 Å². The van der Waals surface area contributed by atoms with E-state index in [0.717, 1.165) is 18.6 Å². The van der Waals surface area contributed by atoms with E-state index in [1.54, 1.807) is 6.07 Å². The topological polar surface area (TPSA) is 46.6 Å². The molecule has 0 atom stereocenters. The van der Waals surface area contributed by atoms with Gasteiger partial charge >= 0.3 is 12.5 Å². The molecule has 0 radical (unpaired) electrons. The van der Waals surface area contributed by atoms with E-state index in [9.17, 15) is 26.3 Å². The van der Waals surface area contributed by atoms with E-state index < -0.39 is 18.1 Å². The number of methoxy groups -OCH3 is 1. The Labute approximate surface area is 205 Å². The molecule has 2 aromatic carbocycles. The van der Waals surface area contributed by atoms with E-state index in [4.69, 9.17) is 4.74 Å². The van der Waals surface area contributed by atoms with Crippen LogP contribution >= 0.6 is 0 Å². The number of anilines is 1. The van der Waals surface area contributed by atoms with Gasteiger partial charge in [0.2, 0.25) is 0 Å². The number of benzene rings is 2. The van der Waals surface area contributed by atoms with Crippen LogP contribution in [0.3, 0.4) is 0 Å². The van der Waals surface area contributed by atoms with E-state index in [1.807, 2.05) is 6.92 Å². The number of halogens is 6. The lowest BCUT2D eigenvalue weighted by atomic mass is 10.1. The van der Waals surface area contributed by atoms with Crippen molar-refractivity contribution in [2.24, 2.45) is 0 Å². The first kappa shape index (κ1) is 27.4. The standard InChI is InChI=1S/C25H27F6N3O2/c1-3-12-34(16-17-14-19(36-25(29,30)31)6-8-23(17)35-2)13-4-10-32-21-9-11-33-22-15-18(24(26,27)28)5-7-20(21)22/h5-9,11,14-15H,3-4,10,12-13,16H2,1-2H3,(H,32,33).